The molecular formula is C8H6BrClO. The van der Waals surface area contributed by atoms with Crippen LogP contribution < -0.4 is 0 Å². The van der Waals surface area contributed by atoms with E-state index in [-0.39, 0.29) is 0 Å². The van der Waals surface area contributed by atoms with E-state index in [2.05, 4.69) is 21.7 Å². The molecule has 1 nitrogen and oxygen atoms in total. The Balaban J connectivity index is 3.06. The summed E-state index contributed by atoms with van der Waals surface area (Å²) in [4.78, 5) is 0. The molecule has 11 heavy (non-hydrogen) atoms. The van der Waals surface area contributed by atoms with Crippen LogP contribution in [0.4, 0.5) is 0 Å². The molecule has 0 fully saturated rings. The summed E-state index contributed by atoms with van der Waals surface area (Å²) in [6, 6.07) is 0. The SMILES string of the molecule is COC1=C(Cl)C=CC(Br)=C=C1. The highest BCUT2D eigenvalue weighted by Gasteiger charge is 1.99. The van der Waals surface area contributed by atoms with Crippen LogP contribution in [-0.4, -0.2) is 7.11 Å². The molecule has 0 saturated heterocycles. The number of hydrogen-bond acceptors (Lipinski definition) is 1. The third kappa shape index (κ3) is 2.26. The van der Waals surface area contributed by atoms with Gasteiger partial charge in [0.25, 0.3) is 0 Å². The zero-order chi connectivity index (χ0) is 8.27. The Morgan fingerprint density at radius 1 is 1.55 bits per heavy atom. The van der Waals surface area contributed by atoms with E-state index >= 15 is 0 Å². The van der Waals surface area contributed by atoms with E-state index in [0.29, 0.717) is 10.8 Å². The predicted octanol–water partition coefficient (Wildman–Crippen LogP) is 3.09. The number of methoxy groups -OCH3 is 1. The third-order valence-electron chi connectivity index (χ3n) is 1.17. The zero-order valence-corrected chi connectivity index (χ0v) is 8.24. The maximum atomic E-state index is 5.81. The molecular weight excluding hydrogens is 227 g/mol. The molecule has 0 aromatic carbocycles. The van der Waals surface area contributed by atoms with Crippen LogP contribution in [0.1, 0.15) is 0 Å². The number of halogens is 2. The van der Waals surface area contributed by atoms with Gasteiger partial charge in [0, 0.05) is 6.08 Å². The molecule has 1 aliphatic rings. The van der Waals surface area contributed by atoms with E-state index in [4.69, 9.17) is 16.3 Å². The normalized spacial score (nSPS) is 16.5. The van der Waals surface area contributed by atoms with E-state index in [9.17, 15) is 0 Å². The molecule has 0 aliphatic heterocycles. The molecule has 0 amide bonds. The Morgan fingerprint density at radius 2 is 2.27 bits per heavy atom. The van der Waals surface area contributed by atoms with Crippen molar-refractivity contribution >= 4 is 27.5 Å². The van der Waals surface area contributed by atoms with Crippen molar-refractivity contribution in [1.29, 1.82) is 0 Å². The molecule has 0 N–H and O–H groups in total. The van der Waals surface area contributed by atoms with Crippen molar-refractivity contribution in [1.82, 2.24) is 0 Å². The lowest BCUT2D eigenvalue weighted by Crippen LogP contribution is -1.82. The van der Waals surface area contributed by atoms with E-state index in [1.54, 1.807) is 19.3 Å². The van der Waals surface area contributed by atoms with Crippen LogP contribution >= 0.6 is 27.5 Å². The smallest absolute Gasteiger partial charge is 0.145 e. The largest absolute Gasteiger partial charge is 0.495 e. The van der Waals surface area contributed by atoms with Crippen LogP contribution in [0, 0.1) is 0 Å². The molecule has 0 unspecified atom stereocenters. The van der Waals surface area contributed by atoms with Crippen molar-refractivity contribution in [3.63, 3.8) is 0 Å². The van der Waals surface area contributed by atoms with Crippen LogP contribution in [-0.2, 0) is 4.74 Å². The summed E-state index contributed by atoms with van der Waals surface area (Å²) in [5, 5.41) is 0.578. The van der Waals surface area contributed by atoms with Crippen molar-refractivity contribution in [2.24, 2.45) is 0 Å². The number of allylic oxidation sites excluding steroid dienone is 4. The first-order valence-corrected chi connectivity index (χ1v) is 4.15. The summed E-state index contributed by atoms with van der Waals surface area (Å²) in [6.07, 6.45) is 5.25. The molecule has 0 radical (unpaired) electrons. The summed E-state index contributed by atoms with van der Waals surface area (Å²) < 4.78 is 5.83. The lowest BCUT2D eigenvalue weighted by Gasteiger charge is -1.97. The molecule has 3 heteroatoms. The molecule has 0 saturated carbocycles. The van der Waals surface area contributed by atoms with Gasteiger partial charge in [-0.3, -0.25) is 0 Å². The van der Waals surface area contributed by atoms with Crippen LogP contribution in [0.25, 0.3) is 0 Å². The fourth-order valence-corrected chi connectivity index (χ4v) is 1.08. The molecule has 0 spiro atoms. The minimum Gasteiger partial charge on any atom is -0.495 e. The number of hydrogen-bond donors (Lipinski definition) is 0. The molecule has 0 bridgehead atoms. The Kier molecular flexibility index (Phi) is 3.01. The average Bonchev–Trinajstić information content (AvgIpc) is 2.15. The molecule has 1 aliphatic carbocycles. The van der Waals surface area contributed by atoms with Crippen molar-refractivity contribution < 1.29 is 4.74 Å². The Hall–Kier alpha value is -0.430. The summed E-state index contributed by atoms with van der Waals surface area (Å²) in [5.41, 5.74) is 2.93. The highest BCUT2D eigenvalue weighted by molar-refractivity contribution is 9.11. The first-order chi connectivity index (χ1) is 5.24. The quantitative estimate of drug-likeness (QED) is 0.633. The van der Waals surface area contributed by atoms with Gasteiger partial charge in [-0.15, -0.1) is 5.73 Å². The fraction of sp³-hybridized carbons (Fsp3) is 0.125. The van der Waals surface area contributed by atoms with Gasteiger partial charge in [-0.25, -0.2) is 0 Å². The lowest BCUT2D eigenvalue weighted by molar-refractivity contribution is 0.306. The van der Waals surface area contributed by atoms with Gasteiger partial charge in [-0.2, -0.15) is 0 Å². The van der Waals surface area contributed by atoms with Crippen LogP contribution in [0.5, 0.6) is 0 Å². The topological polar surface area (TPSA) is 9.23 Å². The lowest BCUT2D eigenvalue weighted by atomic mass is 10.4. The number of ether oxygens (including phenoxy) is 1. The van der Waals surface area contributed by atoms with Crippen molar-refractivity contribution in [2.75, 3.05) is 7.11 Å². The monoisotopic (exact) mass is 232 g/mol. The second-order valence-corrected chi connectivity index (χ2v) is 3.15. The minimum absolute atomic E-state index is 0.578. The Morgan fingerprint density at radius 3 is 2.91 bits per heavy atom. The second kappa shape index (κ2) is 3.82. The summed E-state index contributed by atoms with van der Waals surface area (Å²) in [6.45, 7) is 0. The molecule has 0 aromatic rings. The standard InChI is InChI=1S/C8H6BrClO/c1-11-8-5-3-6(9)2-4-7(8)10/h2,4-5H,1H3. The highest BCUT2D eigenvalue weighted by atomic mass is 79.9. The predicted molar refractivity (Wildman–Crippen MR) is 49.6 cm³/mol. The summed E-state index contributed by atoms with van der Waals surface area (Å²) in [7, 11) is 1.57. The van der Waals surface area contributed by atoms with Gasteiger partial charge in [0.05, 0.1) is 16.6 Å². The van der Waals surface area contributed by atoms with Gasteiger partial charge in [0.2, 0.25) is 0 Å². The van der Waals surface area contributed by atoms with Crippen LogP contribution in [0.3, 0.4) is 0 Å². The first-order valence-electron chi connectivity index (χ1n) is 2.98. The average molecular weight is 233 g/mol. The van der Waals surface area contributed by atoms with Gasteiger partial charge in [-0.1, -0.05) is 11.6 Å². The van der Waals surface area contributed by atoms with Gasteiger partial charge in [0.1, 0.15) is 5.76 Å². The van der Waals surface area contributed by atoms with E-state index in [1.165, 1.54) is 0 Å². The highest BCUT2D eigenvalue weighted by Crippen LogP contribution is 2.18. The molecule has 0 heterocycles. The van der Waals surface area contributed by atoms with Gasteiger partial charge in [0.15, 0.2) is 0 Å². The Bertz CT molecular complexity index is 282. The van der Waals surface area contributed by atoms with Gasteiger partial charge in [-0.05, 0) is 28.1 Å². The van der Waals surface area contributed by atoms with Crippen molar-refractivity contribution in [2.45, 2.75) is 0 Å². The first kappa shape index (κ1) is 8.66. The Labute approximate surface area is 78.8 Å². The third-order valence-corrected chi connectivity index (χ3v) is 1.98. The second-order valence-electron chi connectivity index (χ2n) is 1.89. The van der Waals surface area contributed by atoms with E-state index < -0.39 is 0 Å². The maximum Gasteiger partial charge on any atom is 0.145 e. The summed E-state index contributed by atoms with van der Waals surface area (Å²) in [5.74, 6) is 0.623. The van der Waals surface area contributed by atoms with Gasteiger partial charge >= 0.3 is 0 Å². The fourth-order valence-electron chi connectivity index (χ4n) is 0.636. The molecule has 0 aromatic heterocycles. The van der Waals surface area contributed by atoms with E-state index in [1.807, 2.05) is 6.08 Å². The minimum atomic E-state index is 0.578. The van der Waals surface area contributed by atoms with E-state index in [0.717, 1.165) is 4.48 Å². The molecule has 1 rings (SSSR count). The maximum absolute atomic E-state index is 5.81. The van der Waals surface area contributed by atoms with Crippen molar-refractivity contribution in [3.8, 4) is 0 Å². The van der Waals surface area contributed by atoms with Crippen LogP contribution in [0.2, 0.25) is 0 Å². The number of rotatable bonds is 1. The van der Waals surface area contributed by atoms with Crippen LogP contribution in [0.15, 0.2) is 39.2 Å². The zero-order valence-electron chi connectivity index (χ0n) is 5.90. The van der Waals surface area contributed by atoms with Crippen molar-refractivity contribution in [3.05, 3.63) is 39.2 Å². The molecule has 58 valence electrons. The molecule has 0 atom stereocenters. The van der Waals surface area contributed by atoms with Gasteiger partial charge < -0.3 is 4.74 Å². The summed E-state index contributed by atoms with van der Waals surface area (Å²) >= 11 is 9.08.